The number of fused-ring (bicyclic) bond motifs is 1. The number of aryl methyl sites for hydroxylation is 1. The van der Waals surface area contributed by atoms with Crippen molar-refractivity contribution < 1.29 is 5.11 Å². The molecule has 0 aliphatic carbocycles. The maximum atomic E-state index is 12.1. The Labute approximate surface area is 116 Å². The molecule has 1 unspecified atom stereocenters. The van der Waals surface area contributed by atoms with Crippen molar-refractivity contribution in [3.05, 3.63) is 16.6 Å². The maximum absolute atomic E-state index is 12.1. The van der Waals surface area contributed by atoms with Crippen LogP contribution in [0.25, 0.3) is 11.0 Å². The number of nitrogens with zero attached hydrogens (tertiary/aromatic N) is 5. The van der Waals surface area contributed by atoms with Crippen molar-refractivity contribution in [2.75, 3.05) is 13.1 Å². The first-order valence-electron chi connectivity index (χ1n) is 6.63. The van der Waals surface area contributed by atoms with Crippen LogP contribution in [0, 0.1) is 5.92 Å². The van der Waals surface area contributed by atoms with Gasteiger partial charge in [-0.25, -0.2) is 9.36 Å². The highest BCUT2D eigenvalue weighted by Crippen LogP contribution is 2.01. The Morgan fingerprint density at radius 3 is 2.85 bits per heavy atom. The summed E-state index contributed by atoms with van der Waals surface area (Å²) in [6.45, 7) is 5.52. The number of hydrogen-bond donors (Lipinski definition) is 2. The number of aliphatic hydroxyl groups is 1. The lowest BCUT2D eigenvalue weighted by molar-refractivity contribution is 0.143. The molecular weight excluding hydrogens is 260 g/mol. The molecule has 20 heavy (non-hydrogen) atoms. The summed E-state index contributed by atoms with van der Waals surface area (Å²) < 4.78 is 2.67. The predicted molar refractivity (Wildman–Crippen MR) is 74.3 cm³/mol. The molecule has 2 aromatic heterocycles. The molecule has 1 atom stereocenters. The summed E-state index contributed by atoms with van der Waals surface area (Å²) in [5, 5.41) is 25.2. The van der Waals surface area contributed by atoms with Gasteiger partial charge in [-0.15, -0.1) is 5.10 Å². The van der Waals surface area contributed by atoms with Crippen molar-refractivity contribution >= 4 is 11.0 Å². The lowest BCUT2D eigenvalue weighted by Gasteiger charge is -2.13. The monoisotopic (exact) mass is 280 g/mol. The van der Waals surface area contributed by atoms with Gasteiger partial charge in [-0.2, -0.15) is 5.10 Å². The second-order valence-electron chi connectivity index (χ2n) is 5.29. The van der Waals surface area contributed by atoms with Crippen LogP contribution in [-0.4, -0.2) is 49.1 Å². The molecule has 2 aromatic rings. The van der Waals surface area contributed by atoms with Gasteiger partial charge in [0.2, 0.25) is 0 Å². The number of aliphatic hydroxyl groups excluding tert-OH is 1. The normalized spacial score (nSPS) is 13.2. The number of nitrogens with one attached hydrogen (secondary N) is 1. The Balaban J connectivity index is 2.06. The van der Waals surface area contributed by atoms with Crippen LogP contribution in [0.3, 0.4) is 0 Å². The molecule has 0 aliphatic heterocycles. The van der Waals surface area contributed by atoms with Crippen LogP contribution in [-0.2, 0) is 13.6 Å². The number of hydrogen-bond acceptors (Lipinski definition) is 6. The molecule has 0 aliphatic rings. The molecule has 0 spiro atoms. The van der Waals surface area contributed by atoms with Gasteiger partial charge in [-0.1, -0.05) is 19.1 Å². The van der Waals surface area contributed by atoms with E-state index in [0.29, 0.717) is 23.5 Å². The highest BCUT2D eigenvalue weighted by atomic mass is 16.3. The minimum atomic E-state index is -0.685. The number of rotatable bonds is 6. The van der Waals surface area contributed by atoms with Gasteiger partial charge in [0.15, 0.2) is 5.65 Å². The molecular formula is C12H20N6O2. The molecule has 8 nitrogen and oxygen atoms in total. The van der Waals surface area contributed by atoms with Crippen LogP contribution >= 0.6 is 0 Å². The minimum absolute atomic E-state index is 0.113. The van der Waals surface area contributed by atoms with Crippen molar-refractivity contribution in [2.45, 2.75) is 26.5 Å². The van der Waals surface area contributed by atoms with E-state index in [2.05, 4.69) is 34.6 Å². The van der Waals surface area contributed by atoms with Crippen molar-refractivity contribution in [1.82, 2.24) is 30.1 Å². The van der Waals surface area contributed by atoms with E-state index in [9.17, 15) is 9.90 Å². The molecule has 2 N–H and O–H groups in total. The molecule has 110 valence electrons. The standard InChI is InChI=1S/C12H20N6O2/c1-8(2)4-13-5-9(19)7-18-12(20)10-6-14-17(3)11(10)15-16-18/h6,8-9,13,19H,4-5,7H2,1-3H3. The molecule has 0 amide bonds. The third kappa shape index (κ3) is 3.20. The second kappa shape index (κ2) is 6.10. The molecule has 2 rings (SSSR count). The van der Waals surface area contributed by atoms with Crippen molar-refractivity contribution in [1.29, 1.82) is 0 Å². The quantitative estimate of drug-likeness (QED) is 0.714. The van der Waals surface area contributed by atoms with Gasteiger partial charge in [0.25, 0.3) is 5.56 Å². The highest BCUT2D eigenvalue weighted by Gasteiger charge is 2.12. The van der Waals surface area contributed by atoms with Gasteiger partial charge < -0.3 is 10.4 Å². The van der Waals surface area contributed by atoms with Crippen LogP contribution in [0.2, 0.25) is 0 Å². The molecule has 0 saturated carbocycles. The Kier molecular flexibility index (Phi) is 4.46. The first-order valence-corrected chi connectivity index (χ1v) is 6.63. The summed E-state index contributed by atoms with van der Waals surface area (Å²) in [4.78, 5) is 12.1. The summed E-state index contributed by atoms with van der Waals surface area (Å²) in [5.74, 6) is 0.511. The number of aromatic nitrogens is 5. The molecule has 0 radical (unpaired) electrons. The summed E-state index contributed by atoms with van der Waals surface area (Å²) in [6, 6.07) is 0. The van der Waals surface area contributed by atoms with Crippen LogP contribution in [0.15, 0.2) is 11.0 Å². The Morgan fingerprint density at radius 2 is 2.15 bits per heavy atom. The summed E-state index contributed by atoms with van der Waals surface area (Å²) in [5.41, 5.74) is 0.157. The van der Waals surface area contributed by atoms with Crippen LogP contribution < -0.4 is 10.9 Å². The highest BCUT2D eigenvalue weighted by molar-refractivity contribution is 5.72. The molecule has 0 fully saturated rings. The van der Waals surface area contributed by atoms with E-state index in [-0.39, 0.29) is 12.1 Å². The first-order chi connectivity index (χ1) is 9.49. The van der Waals surface area contributed by atoms with Crippen LogP contribution in [0.5, 0.6) is 0 Å². The fourth-order valence-electron chi connectivity index (χ4n) is 1.90. The fourth-order valence-corrected chi connectivity index (χ4v) is 1.90. The predicted octanol–water partition coefficient (Wildman–Crippen LogP) is -0.868. The molecule has 2 heterocycles. The molecule has 0 saturated heterocycles. The van der Waals surface area contributed by atoms with Crippen molar-refractivity contribution in [2.24, 2.45) is 13.0 Å². The zero-order valence-electron chi connectivity index (χ0n) is 11.9. The average Bonchev–Trinajstić information content (AvgIpc) is 2.75. The Morgan fingerprint density at radius 1 is 1.40 bits per heavy atom. The van der Waals surface area contributed by atoms with Gasteiger partial charge in [-0.05, 0) is 12.5 Å². The molecule has 8 heteroatoms. The van der Waals surface area contributed by atoms with E-state index >= 15 is 0 Å². The topological polar surface area (TPSA) is 97.9 Å². The van der Waals surface area contributed by atoms with Crippen LogP contribution in [0.1, 0.15) is 13.8 Å². The third-order valence-corrected chi connectivity index (χ3v) is 2.94. The fraction of sp³-hybridized carbons (Fsp3) is 0.667. The smallest absolute Gasteiger partial charge is 0.280 e. The summed E-state index contributed by atoms with van der Waals surface area (Å²) in [7, 11) is 1.70. The SMILES string of the molecule is CC(C)CNCC(O)Cn1nnc2c(cnn2C)c1=O. The lowest BCUT2D eigenvalue weighted by Crippen LogP contribution is -2.36. The van der Waals surface area contributed by atoms with Gasteiger partial charge >= 0.3 is 0 Å². The van der Waals surface area contributed by atoms with Gasteiger partial charge in [-0.3, -0.25) is 4.79 Å². The van der Waals surface area contributed by atoms with Gasteiger partial charge in [0, 0.05) is 13.6 Å². The lowest BCUT2D eigenvalue weighted by atomic mass is 10.2. The van der Waals surface area contributed by atoms with Crippen molar-refractivity contribution in [3.8, 4) is 0 Å². The van der Waals surface area contributed by atoms with E-state index in [0.717, 1.165) is 6.54 Å². The first kappa shape index (κ1) is 14.6. The van der Waals surface area contributed by atoms with Crippen LogP contribution in [0.4, 0.5) is 0 Å². The molecule has 0 aromatic carbocycles. The van der Waals surface area contributed by atoms with E-state index in [4.69, 9.17) is 0 Å². The third-order valence-electron chi connectivity index (χ3n) is 2.94. The van der Waals surface area contributed by atoms with E-state index < -0.39 is 6.10 Å². The summed E-state index contributed by atoms with van der Waals surface area (Å²) in [6.07, 6.45) is 0.779. The van der Waals surface area contributed by atoms with Crippen molar-refractivity contribution in [3.63, 3.8) is 0 Å². The average molecular weight is 280 g/mol. The minimum Gasteiger partial charge on any atom is -0.390 e. The molecule has 0 bridgehead atoms. The van der Waals surface area contributed by atoms with Gasteiger partial charge in [0.1, 0.15) is 5.39 Å². The second-order valence-corrected chi connectivity index (χ2v) is 5.29. The Hall–Kier alpha value is -1.80. The van der Waals surface area contributed by atoms with E-state index in [1.54, 1.807) is 7.05 Å². The maximum Gasteiger partial charge on any atom is 0.280 e. The summed E-state index contributed by atoms with van der Waals surface area (Å²) >= 11 is 0. The van der Waals surface area contributed by atoms with E-state index in [1.807, 2.05) is 0 Å². The van der Waals surface area contributed by atoms with E-state index in [1.165, 1.54) is 15.6 Å². The van der Waals surface area contributed by atoms with Gasteiger partial charge in [0.05, 0.1) is 18.8 Å². The zero-order chi connectivity index (χ0) is 14.7. The Bertz CT molecular complexity index is 632. The largest absolute Gasteiger partial charge is 0.390 e. The zero-order valence-corrected chi connectivity index (χ0v) is 11.9.